The van der Waals surface area contributed by atoms with Crippen LogP contribution < -0.4 is 4.72 Å². The second kappa shape index (κ2) is 6.44. The molecule has 1 heterocycles. The van der Waals surface area contributed by atoms with E-state index in [0.29, 0.717) is 17.1 Å². The molecule has 2 N–H and O–H groups in total. The van der Waals surface area contributed by atoms with Gasteiger partial charge in [-0.2, -0.15) is 0 Å². The van der Waals surface area contributed by atoms with Crippen LogP contribution in [-0.4, -0.2) is 20.1 Å². The van der Waals surface area contributed by atoms with E-state index in [1.807, 2.05) is 0 Å². The van der Waals surface area contributed by atoms with E-state index in [0.717, 1.165) is 20.7 Å². The van der Waals surface area contributed by atoms with Crippen LogP contribution in [0, 0.1) is 0 Å². The Morgan fingerprint density at radius 3 is 2.75 bits per heavy atom. The van der Waals surface area contributed by atoms with Crippen molar-refractivity contribution in [3.05, 3.63) is 44.7 Å². The summed E-state index contributed by atoms with van der Waals surface area (Å²) >= 11 is 10.4. The van der Waals surface area contributed by atoms with E-state index in [2.05, 4.69) is 20.7 Å². The Bertz CT molecular complexity index is 715. The summed E-state index contributed by atoms with van der Waals surface area (Å²) in [6.07, 6.45) is 0.442. The third kappa shape index (κ3) is 3.73. The molecule has 1 aromatic heterocycles. The Balaban J connectivity index is 2.28. The third-order valence-corrected chi connectivity index (χ3v) is 6.26. The zero-order valence-corrected chi connectivity index (χ0v) is 14.1. The van der Waals surface area contributed by atoms with Gasteiger partial charge in [0.1, 0.15) is 4.21 Å². The SMILES string of the molecule is O=S(=O)(Nc1cc(Br)ccc1Cl)c1ccc(CCO)s1. The van der Waals surface area contributed by atoms with Gasteiger partial charge in [-0.3, -0.25) is 4.72 Å². The Hall–Kier alpha value is -0.600. The molecule has 0 aliphatic carbocycles. The van der Waals surface area contributed by atoms with Crippen LogP contribution in [-0.2, 0) is 16.4 Å². The topological polar surface area (TPSA) is 66.4 Å². The molecule has 4 nitrogen and oxygen atoms in total. The number of thiophene rings is 1. The Labute approximate surface area is 134 Å². The number of sulfonamides is 1. The third-order valence-electron chi connectivity index (χ3n) is 2.43. The fourth-order valence-corrected chi connectivity index (χ4v) is 4.51. The first-order chi connectivity index (χ1) is 9.42. The van der Waals surface area contributed by atoms with Gasteiger partial charge in [0, 0.05) is 22.4 Å². The van der Waals surface area contributed by atoms with E-state index in [-0.39, 0.29) is 10.8 Å². The summed E-state index contributed by atoms with van der Waals surface area (Å²) < 4.78 is 27.9. The molecular formula is C12H11BrClNO3S2. The van der Waals surface area contributed by atoms with Crippen molar-refractivity contribution in [3.63, 3.8) is 0 Å². The van der Waals surface area contributed by atoms with Crippen LogP contribution in [0.25, 0.3) is 0 Å². The molecule has 0 amide bonds. The molecule has 0 saturated heterocycles. The van der Waals surface area contributed by atoms with Crippen molar-refractivity contribution < 1.29 is 13.5 Å². The summed E-state index contributed by atoms with van der Waals surface area (Å²) in [6.45, 7) is -0.00904. The maximum absolute atomic E-state index is 12.2. The van der Waals surface area contributed by atoms with E-state index >= 15 is 0 Å². The zero-order valence-electron chi connectivity index (χ0n) is 10.1. The standard InChI is InChI=1S/C12H11BrClNO3S2/c13-8-1-3-10(14)11(7-8)15-20(17,18)12-4-2-9(19-12)5-6-16/h1-4,7,15-16H,5-6H2. The smallest absolute Gasteiger partial charge is 0.271 e. The molecule has 0 aliphatic rings. The molecule has 0 unspecified atom stereocenters. The lowest BCUT2D eigenvalue weighted by atomic mass is 10.3. The van der Waals surface area contributed by atoms with Gasteiger partial charge < -0.3 is 5.11 Å². The summed E-state index contributed by atoms with van der Waals surface area (Å²) in [5, 5.41) is 9.18. The van der Waals surface area contributed by atoms with Gasteiger partial charge in [0.15, 0.2) is 0 Å². The second-order valence-corrected chi connectivity index (χ2v) is 8.32. The molecule has 8 heteroatoms. The molecule has 2 aromatic rings. The molecule has 0 spiro atoms. The molecule has 0 saturated carbocycles. The van der Waals surface area contributed by atoms with Crippen LogP contribution in [0.5, 0.6) is 0 Å². The summed E-state index contributed by atoms with van der Waals surface area (Å²) in [6, 6.07) is 8.14. The van der Waals surface area contributed by atoms with Crippen molar-refractivity contribution in [2.24, 2.45) is 0 Å². The van der Waals surface area contributed by atoms with Crippen LogP contribution in [0.2, 0.25) is 5.02 Å². The average molecular weight is 397 g/mol. The lowest BCUT2D eigenvalue weighted by Gasteiger charge is -2.08. The molecule has 20 heavy (non-hydrogen) atoms. The first-order valence-corrected chi connectivity index (χ1v) is 9.07. The van der Waals surface area contributed by atoms with Gasteiger partial charge in [0.25, 0.3) is 10.0 Å². The highest BCUT2D eigenvalue weighted by Crippen LogP contribution is 2.30. The predicted octanol–water partition coefficient (Wildman–Crippen LogP) is 3.50. The van der Waals surface area contributed by atoms with E-state index in [1.165, 1.54) is 6.07 Å². The van der Waals surface area contributed by atoms with Crippen LogP contribution in [0.3, 0.4) is 0 Å². The quantitative estimate of drug-likeness (QED) is 0.813. The van der Waals surface area contributed by atoms with Crippen LogP contribution in [0.4, 0.5) is 5.69 Å². The van der Waals surface area contributed by atoms with Gasteiger partial charge in [-0.1, -0.05) is 27.5 Å². The van der Waals surface area contributed by atoms with Gasteiger partial charge in [-0.15, -0.1) is 11.3 Å². The van der Waals surface area contributed by atoms with Gasteiger partial charge in [0.2, 0.25) is 0 Å². The molecule has 0 atom stereocenters. The fourth-order valence-electron chi connectivity index (χ4n) is 1.52. The second-order valence-electron chi connectivity index (χ2n) is 3.92. The molecule has 0 aliphatic heterocycles. The monoisotopic (exact) mass is 395 g/mol. The molecule has 0 fully saturated rings. The minimum Gasteiger partial charge on any atom is -0.396 e. The first-order valence-electron chi connectivity index (χ1n) is 5.60. The number of anilines is 1. The van der Waals surface area contributed by atoms with Crippen LogP contribution in [0.15, 0.2) is 39.0 Å². The summed E-state index contributed by atoms with van der Waals surface area (Å²) in [5.74, 6) is 0. The Morgan fingerprint density at radius 2 is 2.05 bits per heavy atom. The minimum atomic E-state index is -3.67. The number of halogens is 2. The van der Waals surface area contributed by atoms with E-state index in [4.69, 9.17) is 16.7 Å². The summed E-state index contributed by atoms with van der Waals surface area (Å²) in [4.78, 5) is 0.813. The zero-order chi connectivity index (χ0) is 14.8. The predicted molar refractivity (Wildman–Crippen MR) is 85.1 cm³/mol. The van der Waals surface area contributed by atoms with Crippen molar-refractivity contribution in [1.29, 1.82) is 0 Å². The number of aliphatic hydroxyl groups excluding tert-OH is 1. The highest BCUT2D eigenvalue weighted by atomic mass is 79.9. The van der Waals surface area contributed by atoms with E-state index < -0.39 is 10.0 Å². The highest BCUT2D eigenvalue weighted by molar-refractivity contribution is 9.10. The van der Waals surface area contributed by atoms with E-state index in [1.54, 1.807) is 24.3 Å². The number of rotatable bonds is 5. The highest BCUT2D eigenvalue weighted by Gasteiger charge is 2.18. The average Bonchev–Trinajstić information content (AvgIpc) is 2.83. The first kappa shape index (κ1) is 15.8. The summed E-state index contributed by atoms with van der Waals surface area (Å²) in [5.41, 5.74) is 0.318. The lowest BCUT2D eigenvalue weighted by Crippen LogP contribution is -2.11. The number of nitrogens with one attached hydrogen (secondary N) is 1. The minimum absolute atomic E-state index is 0.00904. The number of benzene rings is 1. The Morgan fingerprint density at radius 1 is 1.30 bits per heavy atom. The number of aliphatic hydroxyl groups is 1. The van der Waals surface area contributed by atoms with Crippen LogP contribution >= 0.6 is 38.9 Å². The number of hydrogen-bond donors (Lipinski definition) is 2. The molecule has 1 aromatic carbocycles. The van der Waals surface area contributed by atoms with Crippen molar-refractivity contribution >= 4 is 54.6 Å². The molecular weight excluding hydrogens is 386 g/mol. The van der Waals surface area contributed by atoms with Gasteiger partial charge in [0.05, 0.1) is 10.7 Å². The largest absolute Gasteiger partial charge is 0.396 e. The van der Waals surface area contributed by atoms with Crippen LogP contribution in [0.1, 0.15) is 4.88 Å². The number of hydrogen-bond acceptors (Lipinski definition) is 4. The molecule has 0 bridgehead atoms. The molecule has 2 rings (SSSR count). The van der Waals surface area contributed by atoms with Crippen molar-refractivity contribution in [1.82, 2.24) is 0 Å². The van der Waals surface area contributed by atoms with Crippen molar-refractivity contribution in [2.45, 2.75) is 10.6 Å². The van der Waals surface area contributed by atoms with Gasteiger partial charge in [-0.05, 0) is 30.3 Å². The molecule has 0 radical (unpaired) electrons. The Kier molecular flexibility index (Phi) is 5.09. The molecule has 108 valence electrons. The van der Waals surface area contributed by atoms with Gasteiger partial charge >= 0.3 is 0 Å². The van der Waals surface area contributed by atoms with E-state index in [9.17, 15) is 8.42 Å². The van der Waals surface area contributed by atoms with Crippen molar-refractivity contribution in [3.8, 4) is 0 Å². The summed E-state index contributed by atoms with van der Waals surface area (Å²) in [7, 11) is -3.67. The maximum Gasteiger partial charge on any atom is 0.271 e. The maximum atomic E-state index is 12.2. The van der Waals surface area contributed by atoms with Crippen molar-refractivity contribution in [2.75, 3.05) is 11.3 Å². The lowest BCUT2D eigenvalue weighted by molar-refractivity contribution is 0.300. The normalized spacial score (nSPS) is 11.6. The fraction of sp³-hybridized carbons (Fsp3) is 0.167. The van der Waals surface area contributed by atoms with Gasteiger partial charge in [-0.25, -0.2) is 8.42 Å².